The molecule has 2 aromatic rings. The Morgan fingerprint density at radius 3 is 2.68 bits per heavy atom. The van der Waals surface area contributed by atoms with E-state index in [4.69, 9.17) is 9.26 Å². The number of ether oxygens (including phenoxy) is 1. The second kappa shape index (κ2) is 7.63. The average Bonchev–Trinajstić information content (AvgIpc) is 3.10. The molecule has 28 heavy (non-hydrogen) atoms. The molecular formula is C20H24N4O4. The Balaban J connectivity index is 1.36. The Labute approximate surface area is 163 Å². The largest absolute Gasteiger partial charge is 0.479 e. The first-order chi connectivity index (χ1) is 13.5. The van der Waals surface area contributed by atoms with Crippen LogP contribution in [0.4, 0.5) is 5.69 Å². The van der Waals surface area contributed by atoms with Crippen molar-refractivity contribution in [3.05, 3.63) is 41.8 Å². The lowest BCUT2D eigenvalue weighted by atomic mass is 10.2. The minimum absolute atomic E-state index is 0.0326. The van der Waals surface area contributed by atoms with Crippen LogP contribution in [-0.2, 0) is 16.1 Å². The Morgan fingerprint density at radius 1 is 1.21 bits per heavy atom. The van der Waals surface area contributed by atoms with Crippen molar-refractivity contribution in [2.45, 2.75) is 26.5 Å². The van der Waals surface area contributed by atoms with Crippen molar-refractivity contribution in [1.82, 2.24) is 15.0 Å². The number of fused-ring (bicyclic) bond motifs is 1. The molecular weight excluding hydrogens is 360 g/mol. The first-order valence-corrected chi connectivity index (χ1v) is 9.50. The maximum Gasteiger partial charge on any atom is 0.268 e. The Kier molecular flexibility index (Phi) is 5.04. The first-order valence-electron chi connectivity index (χ1n) is 9.50. The molecule has 1 fully saturated rings. The van der Waals surface area contributed by atoms with Crippen LogP contribution < -0.4 is 9.64 Å². The molecule has 0 radical (unpaired) electrons. The van der Waals surface area contributed by atoms with E-state index in [1.807, 2.05) is 42.2 Å². The maximum absolute atomic E-state index is 12.8. The summed E-state index contributed by atoms with van der Waals surface area (Å²) in [4.78, 5) is 31.0. The van der Waals surface area contributed by atoms with Crippen molar-refractivity contribution < 1.29 is 18.8 Å². The minimum Gasteiger partial charge on any atom is -0.479 e. The third kappa shape index (κ3) is 3.73. The number of hydrogen-bond acceptors (Lipinski definition) is 6. The Bertz CT molecular complexity index is 873. The highest BCUT2D eigenvalue weighted by atomic mass is 16.5. The van der Waals surface area contributed by atoms with Crippen LogP contribution >= 0.6 is 0 Å². The molecule has 0 spiro atoms. The number of aromatic nitrogens is 1. The van der Waals surface area contributed by atoms with Gasteiger partial charge in [-0.25, -0.2) is 0 Å². The summed E-state index contributed by atoms with van der Waals surface area (Å²) in [6.07, 6.45) is -0.593. The molecule has 1 aromatic heterocycles. The summed E-state index contributed by atoms with van der Waals surface area (Å²) in [6.45, 7) is 7.10. The molecule has 0 aliphatic carbocycles. The number of amides is 2. The number of carbonyl (C=O) groups is 2. The van der Waals surface area contributed by atoms with Crippen LogP contribution in [0.3, 0.4) is 0 Å². The lowest BCUT2D eigenvalue weighted by Gasteiger charge is -2.37. The van der Waals surface area contributed by atoms with Crippen molar-refractivity contribution in [2.75, 3.05) is 37.6 Å². The number of piperazine rings is 1. The molecule has 0 N–H and O–H groups in total. The smallest absolute Gasteiger partial charge is 0.268 e. The molecule has 0 bridgehead atoms. The zero-order chi connectivity index (χ0) is 19.7. The van der Waals surface area contributed by atoms with Crippen LogP contribution in [0.1, 0.15) is 18.4 Å². The molecule has 4 rings (SSSR count). The quantitative estimate of drug-likeness (QED) is 0.794. The maximum atomic E-state index is 12.8. The van der Waals surface area contributed by atoms with Gasteiger partial charge in [0.1, 0.15) is 12.3 Å². The molecule has 2 amide bonds. The molecule has 0 saturated carbocycles. The van der Waals surface area contributed by atoms with Gasteiger partial charge >= 0.3 is 0 Å². The predicted molar refractivity (Wildman–Crippen MR) is 102 cm³/mol. The zero-order valence-corrected chi connectivity index (χ0v) is 16.1. The van der Waals surface area contributed by atoms with E-state index in [1.54, 1.807) is 6.92 Å². The SMILES string of the molecule is Cc1cc(CN2CCN(C(=O)CN3C(=O)C(C)Oc4ccccc43)CC2)on1. The van der Waals surface area contributed by atoms with E-state index in [2.05, 4.69) is 10.1 Å². The molecule has 1 saturated heterocycles. The van der Waals surface area contributed by atoms with Crippen LogP contribution in [0.25, 0.3) is 0 Å². The standard InChI is InChI=1S/C20H24N4O4/c1-14-11-16(28-21-14)12-22-7-9-23(10-8-22)19(25)13-24-17-5-3-4-6-18(17)27-15(2)20(24)26/h3-6,11,15H,7-10,12-13H2,1-2H3. The molecule has 1 atom stereocenters. The molecule has 1 aromatic carbocycles. The number of rotatable bonds is 4. The number of carbonyl (C=O) groups excluding carboxylic acids is 2. The van der Waals surface area contributed by atoms with Gasteiger partial charge in [0.15, 0.2) is 11.9 Å². The number of benzene rings is 1. The summed E-state index contributed by atoms with van der Waals surface area (Å²) in [5.41, 5.74) is 1.52. The monoisotopic (exact) mass is 384 g/mol. The third-order valence-electron chi connectivity index (χ3n) is 5.15. The fraction of sp³-hybridized carbons (Fsp3) is 0.450. The number of para-hydroxylation sites is 2. The Morgan fingerprint density at radius 2 is 1.96 bits per heavy atom. The minimum atomic E-state index is -0.593. The highest BCUT2D eigenvalue weighted by molar-refractivity contribution is 6.03. The summed E-state index contributed by atoms with van der Waals surface area (Å²) in [6, 6.07) is 9.26. The highest BCUT2D eigenvalue weighted by Gasteiger charge is 2.34. The van der Waals surface area contributed by atoms with Crippen molar-refractivity contribution in [3.63, 3.8) is 0 Å². The zero-order valence-electron chi connectivity index (χ0n) is 16.1. The summed E-state index contributed by atoms with van der Waals surface area (Å²) in [5, 5.41) is 3.91. The second-order valence-corrected chi connectivity index (χ2v) is 7.24. The molecule has 3 heterocycles. The third-order valence-corrected chi connectivity index (χ3v) is 5.15. The van der Waals surface area contributed by atoms with E-state index in [0.717, 1.165) is 24.5 Å². The number of anilines is 1. The van der Waals surface area contributed by atoms with Gasteiger partial charge in [0.25, 0.3) is 5.91 Å². The molecule has 8 heteroatoms. The van der Waals surface area contributed by atoms with Gasteiger partial charge in [0.2, 0.25) is 5.91 Å². The van der Waals surface area contributed by atoms with Gasteiger partial charge in [0, 0.05) is 32.2 Å². The Hall–Kier alpha value is -2.87. The van der Waals surface area contributed by atoms with Crippen LogP contribution in [0, 0.1) is 6.92 Å². The van der Waals surface area contributed by atoms with E-state index in [-0.39, 0.29) is 18.4 Å². The van der Waals surface area contributed by atoms with Gasteiger partial charge < -0.3 is 14.2 Å². The van der Waals surface area contributed by atoms with Crippen LogP contribution in [0.2, 0.25) is 0 Å². The summed E-state index contributed by atoms with van der Waals surface area (Å²) < 4.78 is 10.9. The summed E-state index contributed by atoms with van der Waals surface area (Å²) in [5.74, 6) is 1.23. The predicted octanol–water partition coefficient (Wildman–Crippen LogP) is 1.44. The van der Waals surface area contributed by atoms with Crippen molar-refractivity contribution in [1.29, 1.82) is 0 Å². The topological polar surface area (TPSA) is 79.1 Å². The number of hydrogen-bond donors (Lipinski definition) is 0. The average molecular weight is 384 g/mol. The molecule has 2 aliphatic heterocycles. The highest BCUT2D eigenvalue weighted by Crippen LogP contribution is 2.33. The van der Waals surface area contributed by atoms with Gasteiger partial charge in [-0.15, -0.1) is 0 Å². The first kappa shape index (κ1) is 18.5. The molecule has 1 unspecified atom stereocenters. The van der Waals surface area contributed by atoms with Gasteiger partial charge in [-0.3, -0.25) is 19.4 Å². The number of aryl methyl sites for hydroxylation is 1. The van der Waals surface area contributed by atoms with E-state index >= 15 is 0 Å². The van der Waals surface area contributed by atoms with Gasteiger partial charge in [-0.1, -0.05) is 17.3 Å². The van der Waals surface area contributed by atoms with Gasteiger partial charge in [-0.05, 0) is 26.0 Å². The van der Waals surface area contributed by atoms with E-state index in [9.17, 15) is 9.59 Å². The molecule has 148 valence electrons. The van der Waals surface area contributed by atoms with Crippen LogP contribution in [0.15, 0.2) is 34.9 Å². The van der Waals surface area contributed by atoms with Crippen LogP contribution in [0.5, 0.6) is 5.75 Å². The van der Waals surface area contributed by atoms with Crippen molar-refractivity contribution in [3.8, 4) is 5.75 Å². The van der Waals surface area contributed by atoms with Gasteiger partial charge in [0.05, 0.1) is 17.9 Å². The van der Waals surface area contributed by atoms with E-state index in [1.165, 1.54) is 4.90 Å². The van der Waals surface area contributed by atoms with Crippen molar-refractivity contribution >= 4 is 17.5 Å². The molecule has 2 aliphatic rings. The van der Waals surface area contributed by atoms with Gasteiger partial charge in [-0.2, -0.15) is 0 Å². The summed E-state index contributed by atoms with van der Waals surface area (Å²) >= 11 is 0. The molecule has 8 nitrogen and oxygen atoms in total. The number of nitrogens with zero attached hydrogens (tertiary/aromatic N) is 4. The fourth-order valence-corrected chi connectivity index (χ4v) is 3.62. The van der Waals surface area contributed by atoms with Crippen molar-refractivity contribution in [2.24, 2.45) is 0 Å². The summed E-state index contributed by atoms with van der Waals surface area (Å²) in [7, 11) is 0. The van der Waals surface area contributed by atoms with E-state index in [0.29, 0.717) is 31.1 Å². The second-order valence-electron chi connectivity index (χ2n) is 7.24. The fourth-order valence-electron chi connectivity index (χ4n) is 3.62. The van der Waals surface area contributed by atoms with E-state index < -0.39 is 6.10 Å². The lowest BCUT2D eigenvalue weighted by Crippen LogP contribution is -2.53. The lowest BCUT2D eigenvalue weighted by molar-refractivity contribution is -0.134. The van der Waals surface area contributed by atoms with Crippen LogP contribution in [-0.4, -0.2) is 65.6 Å². The normalized spacial score (nSPS) is 20.1.